The maximum Gasteiger partial charge on any atom is 0.106 e. The second-order valence-electron chi connectivity index (χ2n) is 6.23. The molecule has 21 heavy (non-hydrogen) atoms. The number of imidazole rings is 1. The molecule has 2 rings (SSSR count). The summed E-state index contributed by atoms with van der Waals surface area (Å²) in [5.74, 6) is 0.992. The van der Waals surface area contributed by atoms with Crippen LogP contribution in [0.25, 0.3) is 0 Å². The molecule has 0 aliphatic carbocycles. The Morgan fingerprint density at radius 1 is 1.19 bits per heavy atom. The molecule has 0 unspecified atom stereocenters. The third-order valence-corrected chi connectivity index (χ3v) is 4.00. The van der Waals surface area contributed by atoms with Gasteiger partial charge in [0.2, 0.25) is 0 Å². The van der Waals surface area contributed by atoms with E-state index in [4.69, 9.17) is 23.2 Å². The number of halogens is 2. The van der Waals surface area contributed by atoms with Crippen LogP contribution >= 0.6 is 23.2 Å². The molecule has 0 atom stereocenters. The van der Waals surface area contributed by atoms with E-state index in [-0.39, 0.29) is 5.54 Å². The van der Waals surface area contributed by atoms with E-state index in [0.717, 1.165) is 30.2 Å². The molecular formula is C16H21Cl2N3. The molecule has 0 radical (unpaired) electrons. The molecule has 0 saturated heterocycles. The second-order valence-corrected chi connectivity index (χ2v) is 7.05. The minimum absolute atomic E-state index is 0.0760. The van der Waals surface area contributed by atoms with E-state index < -0.39 is 0 Å². The highest BCUT2D eigenvalue weighted by molar-refractivity contribution is 6.42. The molecular weight excluding hydrogens is 305 g/mol. The van der Waals surface area contributed by atoms with Gasteiger partial charge in [-0.15, -0.1) is 0 Å². The Labute approximate surface area is 136 Å². The lowest BCUT2D eigenvalue weighted by atomic mass is 10.1. The molecule has 0 aliphatic heterocycles. The molecule has 5 heteroatoms. The lowest BCUT2D eigenvalue weighted by Crippen LogP contribution is -2.35. The third kappa shape index (κ3) is 4.47. The molecule has 1 aromatic heterocycles. The fraction of sp³-hybridized carbons (Fsp3) is 0.438. The molecule has 0 fully saturated rings. The normalized spacial score (nSPS) is 11.9. The van der Waals surface area contributed by atoms with E-state index in [1.54, 1.807) is 0 Å². The quantitative estimate of drug-likeness (QED) is 0.900. The van der Waals surface area contributed by atoms with Crippen LogP contribution in [0.15, 0.2) is 24.4 Å². The predicted molar refractivity (Wildman–Crippen MR) is 89.1 cm³/mol. The third-order valence-electron chi connectivity index (χ3n) is 3.26. The SMILES string of the molecule is Cc1ncc(CNC(C)(C)C)n1Cc1ccc(Cl)c(Cl)c1. The first-order valence-corrected chi connectivity index (χ1v) is 7.72. The van der Waals surface area contributed by atoms with Crippen LogP contribution in [-0.2, 0) is 13.1 Å². The zero-order chi connectivity index (χ0) is 15.6. The Bertz CT molecular complexity index is 627. The molecule has 0 amide bonds. The molecule has 1 heterocycles. The summed E-state index contributed by atoms with van der Waals surface area (Å²) in [6.45, 7) is 9.99. The van der Waals surface area contributed by atoms with Gasteiger partial charge in [-0.25, -0.2) is 4.98 Å². The van der Waals surface area contributed by atoms with E-state index in [0.29, 0.717) is 10.0 Å². The molecule has 1 N–H and O–H groups in total. The van der Waals surface area contributed by atoms with Gasteiger partial charge in [-0.1, -0.05) is 29.3 Å². The van der Waals surface area contributed by atoms with Gasteiger partial charge in [0.1, 0.15) is 5.82 Å². The summed E-state index contributed by atoms with van der Waals surface area (Å²) < 4.78 is 2.19. The van der Waals surface area contributed by atoms with Crippen molar-refractivity contribution in [2.24, 2.45) is 0 Å². The average Bonchev–Trinajstić information content (AvgIpc) is 2.72. The van der Waals surface area contributed by atoms with E-state index in [2.05, 4.69) is 35.6 Å². The van der Waals surface area contributed by atoms with Gasteiger partial charge >= 0.3 is 0 Å². The van der Waals surface area contributed by atoms with Crippen LogP contribution in [0.1, 0.15) is 37.9 Å². The van der Waals surface area contributed by atoms with Crippen molar-refractivity contribution in [1.82, 2.24) is 14.9 Å². The molecule has 1 aromatic carbocycles. The molecule has 0 spiro atoms. The summed E-state index contributed by atoms with van der Waals surface area (Å²) in [5, 5.41) is 4.66. The highest BCUT2D eigenvalue weighted by Gasteiger charge is 2.12. The number of nitrogens with one attached hydrogen (secondary N) is 1. The van der Waals surface area contributed by atoms with Gasteiger partial charge in [-0.3, -0.25) is 0 Å². The molecule has 0 aliphatic rings. The van der Waals surface area contributed by atoms with Crippen molar-refractivity contribution in [1.29, 1.82) is 0 Å². The molecule has 0 saturated carbocycles. The van der Waals surface area contributed by atoms with Gasteiger partial charge in [0.25, 0.3) is 0 Å². The first-order valence-electron chi connectivity index (χ1n) is 6.96. The molecule has 114 valence electrons. The number of hydrogen-bond donors (Lipinski definition) is 1. The van der Waals surface area contributed by atoms with Gasteiger partial charge in [0.05, 0.1) is 15.7 Å². The number of aromatic nitrogens is 2. The fourth-order valence-electron chi connectivity index (χ4n) is 2.05. The van der Waals surface area contributed by atoms with Crippen molar-refractivity contribution in [3.63, 3.8) is 0 Å². The number of rotatable bonds is 4. The van der Waals surface area contributed by atoms with Crippen molar-refractivity contribution in [3.8, 4) is 0 Å². The number of nitrogens with zero attached hydrogens (tertiary/aromatic N) is 2. The minimum atomic E-state index is 0.0760. The topological polar surface area (TPSA) is 29.9 Å². The maximum absolute atomic E-state index is 6.09. The Morgan fingerprint density at radius 2 is 1.90 bits per heavy atom. The lowest BCUT2D eigenvalue weighted by molar-refractivity contribution is 0.416. The van der Waals surface area contributed by atoms with Gasteiger partial charge < -0.3 is 9.88 Å². The Balaban J connectivity index is 2.19. The highest BCUT2D eigenvalue weighted by atomic mass is 35.5. The number of hydrogen-bond acceptors (Lipinski definition) is 2. The fourth-order valence-corrected chi connectivity index (χ4v) is 2.37. The van der Waals surface area contributed by atoms with Crippen LogP contribution in [-0.4, -0.2) is 15.1 Å². The van der Waals surface area contributed by atoms with Gasteiger partial charge in [-0.05, 0) is 45.4 Å². The van der Waals surface area contributed by atoms with E-state index in [1.807, 2.05) is 31.3 Å². The smallest absolute Gasteiger partial charge is 0.106 e. The standard InChI is InChI=1S/C16H21Cl2N3/c1-11-19-8-13(9-20-16(2,3)4)21(11)10-12-5-6-14(17)15(18)7-12/h5-8,20H,9-10H2,1-4H3. The van der Waals surface area contributed by atoms with Crippen molar-refractivity contribution in [2.45, 2.75) is 46.3 Å². The first kappa shape index (κ1) is 16.3. The van der Waals surface area contributed by atoms with Crippen LogP contribution < -0.4 is 5.32 Å². The monoisotopic (exact) mass is 325 g/mol. The Morgan fingerprint density at radius 3 is 2.52 bits per heavy atom. The number of benzene rings is 1. The minimum Gasteiger partial charge on any atom is -0.327 e. The summed E-state index contributed by atoms with van der Waals surface area (Å²) in [6, 6.07) is 5.73. The predicted octanol–water partition coefficient (Wildman–Crippen LogP) is 4.43. The average molecular weight is 326 g/mol. The molecule has 0 bridgehead atoms. The van der Waals surface area contributed by atoms with Gasteiger partial charge in [0, 0.05) is 24.8 Å². The maximum atomic E-state index is 6.09. The van der Waals surface area contributed by atoms with Gasteiger partial charge in [0.15, 0.2) is 0 Å². The van der Waals surface area contributed by atoms with Crippen molar-refractivity contribution >= 4 is 23.2 Å². The van der Waals surface area contributed by atoms with Crippen LogP contribution in [0, 0.1) is 6.92 Å². The van der Waals surface area contributed by atoms with Crippen LogP contribution in [0.4, 0.5) is 0 Å². The van der Waals surface area contributed by atoms with Gasteiger partial charge in [-0.2, -0.15) is 0 Å². The molecule has 2 aromatic rings. The zero-order valence-corrected chi connectivity index (χ0v) is 14.4. The lowest BCUT2D eigenvalue weighted by Gasteiger charge is -2.21. The van der Waals surface area contributed by atoms with Crippen LogP contribution in [0.3, 0.4) is 0 Å². The van der Waals surface area contributed by atoms with E-state index in [1.165, 1.54) is 0 Å². The summed E-state index contributed by atoms with van der Waals surface area (Å²) >= 11 is 12.0. The van der Waals surface area contributed by atoms with E-state index >= 15 is 0 Å². The summed E-state index contributed by atoms with van der Waals surface area (Å²) in [6.07, 6.45) is 1.92. The summed E-state index contributed by atoms with van der Waals surface area (Å²) in [7, 11) is 0. The zero-order valence-electron chi connectivity index (χ0n) is 12.9. The van der Waals surface area contributed by atoms with Crippen LogP contribution in [0.2, 0.25) is 10.0 Å². The van der Waals surface area contributed by atoms with Crippen molar-refractivity contribution in [2.75, 3.05) is 0 Å². The molecule has 3 nitrogen and oxygen atoms in total. The highest BCUT2D eigenvalue weighted by Crippen LogP contribution is 2.23. The van der Waals surface area contributed by atoms with Crippen molar-refractivity contribution < 1.29 is 0 Å². The summed E-state index contributed by atoms with van der Waals surface area (Å²) in [4.78, 5) is 4.42. The van der Waals surface area contributed by atoms with Crippen LogP contribution in [0.5, 0.6) is 0 Å². The largest absolute Gasteiger partial charge is 0.327 e. The second kappa shape index (κ2) is 6.39. The Kier molecular flexibility index (Phi) is 4.97. The Hall–Kier alpha value is -1.03. The number of aryl methyl sites for hydroxylation is 1. The van der Waals surface area contributed by atoms with E-state index in [9.17, 15) is 0 Å². The first-order chi connectivity index (χ1) is 9.76. The summed E-state index contributed by atoms with van der Waals surface area (Å²) in [5.41, 5.74) is 2.35. The van der Waals surface area contributed by atoms with Crippen molar-refractivity contribution in [3.05, 3.63) is 51.5 Å².